The molecule has 8 nitrogen and oxygen atoms in total. The Morgan fingerprint density at radius 2 is 1.85 bits per heavy atom. The predicted octanol–water partition coefficient (Wildman–Crippen LogP) is -0.218. The van der Waals surface area contributed by atoms with Crippen LogP contribution >= 0.6 is 0 Å². The lowest BCUT2D eigenvalue weighted by Crippen LogP contribution is -2.42. The summed E-state index contributed by atoms with van der Waals surface area (Å²) in [5.74, 6) is -0.946. The van der Waals surface area contributed by atoms with Gasteiger partial charge in [0.25, 0.3) is 5.56 Å². The smallest absolute Gasteiger partial charge is 0.346 e. The van der Waals surface area contributed by atoms with Crippen LogP contribution in [0.4, 0.5) is 5.82 Å². The summed E-state index contributed by atoms with van der Waals surface area (Å²) in [6, 6.07) is 0. The third-order valence-corrected chi connectivity index (χ3v) is 3.72. The van der Waals surface area contributed by atoms with Crippen molar-refractivity contribution in [3.63, 3.8) is 0 Å². The Kier molecular flexibility index (Phi) is 4.69. The summed E-state index contributed by atoms with van der Waals surface area (Å²) in [7, 11) is 2.78. The van der Waals surface area contributed by atoms with Gasteiger partial charge in [0.05, 0.1) is 5.41 Å². The minimum Gasteiger partial charge on any atom is -0.481 e. The molecule has 0 aliphatic carbocycles. The molecule has 0 amide bonds. The first-order chi connectivity index (χ1) is 9.29. The van der Waals surface area contributed by atoms with E-state index in [0.717, 1.165) is 9.25 Å². The lowest BCUT2D eigenvalue weighted by atomic mass is 9.82. The number of anilines is 1. The van der Waals surface area contributed by atoms with Gasteiger partial charge in [-0.25, -0.2) is 9.48 Å². The fourth-order valence-corrected chi connectivity index (χ4v) is 1.94. The molecule has 0 aliphatic heterocycles. The fraction of sp³-hybridized carbons (Fsp3) is 0.667. The molecule has 1 aromatic rings. The molecule has 1 aromatic heterocycles. The molecule has 0 saturated carbocycles. The van der Waals surface area contributed by atoms with Crippen molar-refractivity contribution in [3.8, 4) is 0 Å². The van der Waals surface area contributed by atoms with Crippen LogP contribution in [0.1, 0.15) is 26.7 Å². The summed E-state index contributed by atoms with van der Waals surface area (Å²) in [5, 5.41) is 15.9. The first kappa shape index (κ1) is 15.9. The van der Waals surface area contributed by atoms with Gasteiger partial charge in [0.2, 0.25) is 5.82 Å². The summed E-state index contributed by atoms with van der Waals surface area (Å²) in [6.45, 7) is 3.65. The molecule has 0 aliphatic rings. The molecule has 0 spiro atoms. The van der Waals surface area contributed by atoms with Crippen molar-refractivity contribution in [2.24, 2.45) is 19.5 Å². The molecule has 0 radical (unpaired) electrons. The zero-order chi connectivity index (χ0) is 15.5. The maximum Gasteiger partial charge on any atom is 0.346 e. The zero-order valence-corrected chi connectivity index (χ0v) is 12.1. The van der Waals surface area contributed by atoms with E-state index in [1.807, 2.05) is 0 Å². The first-order valence-corrected chi connectivity index (χ1v) is 6.40. The van der Waals surface area contributed by atoms with E-state index in [4.69, 9.17) is 0 Å². The number of carbonyl (C=O) groups is 1. The Hall–Kier alpha value is -2.12. The molecule has 0 bridgehead atoms. The number of rotatable bonds is 6. The normalized spacial score (nSPS) is 11.4. The number of aryl methyl sites for hydroxylation is 1. The number of aromatic nitrogens is 3. The van der Waals surface area contributed by atoms with E-state index in [1.165, 1.54) is 14.1 Å². The van der Waals surface area contributed by atoms with E-state index < -0.39 is 22.6 Å². The van der Waals surface area contributed by atoms with Crippen molar-refractivity contribution in [1.29, 1.82) is 0 Å². The number of hydrogen-bond donors (Lipinski definition) is 2. The lowest BCUT2D eigenvalue weighted by Gasteiger charge is -2.26. The summed E-state index contributed by atoms with van der Waals surface area (Å²) >= 11 is 0. The van der Waals surface area contributed by atoms with Crippen LogP contribution in [0.25, 0.3) is 0 Å². The van der Waals surface area contributed by atoms with Crippen molar-refractivity contribution in [2.45, 2.75) is 26.7 Å². The predicted molar refractivity (Wildman–Crippen MR) is 73.9 cm³/mol. The van der Waals surface area contributed by atoms with Crippen LogP contribution < -0.4 is 16.6 Å². The first-order valence-electron chi connectivity index (χ1n) is 6.40. The van der Waals surface area contributed by atoms with Gasteiger partial charge in [-0.05, 0) is 12.8 Å². The highest BCUT2D eigenvalue weighted by Crippen LogP contribution is 2.26. The second kappa shape index (κ2) is 5.89. The minimum absolute atomic E-state index is 0.0258. The summed E-state index contributed by atoms with van der Waals surface area (Å²) in [6.07, 6.45) is 0.857. The molecule has 2 N–H and O–H groups in total. The van der Waals surface area contributed by atoms with Crippen LogP contribution in [0.5, 0.6) is 0 Å². The highest BCUT2D eigenvalue weighted by Gasteiger charge is 2.35. The molecule has 1 rings (SSSR count). The Bertz CT molecular complexity index is 613. The second-order valence-electron chi connectivity index (χ2n) is 4.77. The van der Waals surface area contributed by atoms with Crippen molar-refractivity contribution in [1.82, 2.24) is 14.3 Å². The minimum atomic E-state index is -0.957. The monoisotopic (exact) mass is 284 g/mol. The average molecular weight is 284 g/mol. The molecule has 0 unspecified atom stereocenters. The number of carboxylic acid groups (broad SMARTS) is 1. The van der Waals surface area contributed by atoms with Gasteiger partial charge < -0.3 is 10.4 Å². The van der Waals surface area contributed by atoms with Crippen molar-refractivity contribution >= 4 is 11.8 Å². The van der Waals surface area contributed by atoms with Crippen molar-refractivity contribution in [2.75, 3.05) is 11.9 Å². The molecule has 8 heteroatoms. The van der Waals surface area contributed by atoms with Crippen LogP contribution in [-0.4, -0.2) is 32.0 Å². The second-order valence-corrected chi connectivity index (χ2v) is 4.77. The molecule has 1 heterocycles. The van der Waals surface area contributed by atoms with Crippen LogP contribution in [-0.2, 0) is 18.9 Å². The summed E-state index contributed by atoms with van der Waals surface area (Å²) in [5.41, 5.74) is -2.06. The molecule has 0 atom stereocenters. The van der Waals surface area contributed by atoms with Gasteiger partial charge in [-0.1, -0.05) is 13.8 Å². The highest BCUT2D eigenvalue weighted by molar-refractivity contribution is 5.75. The van der Waals surface area contributed by atoms with E-state index in [1.54, 1.807) is 13.8 Å². The Morgan fingerprint density at radius 3 is 2.30 bits per heavy atom. The van der Waals surface area contributed by atoms with Gasteiger partial charge in [-0.3, -0.25) is 14.2 Å². The number of hydrogen-bond acceptors (Lipinski definition) is 5. The zero-order valence-electron chi connectivity index (χ0n) is 12.1. The molecular formula is C12H20N4O4. The number of carboxylic acids is 1. The van der Waals surface area contributed by atoms with Gasteiger partial charge in [0.1, 0.15) is 0 Å². The maximum absolute atomic E-state index is 11.9. The fourth-order valence-electron chi connectivity index (χ4n) is 1.94. The Labute approximate surface area is 116 Å². The van der Waals surface area contributed by atoms with E-state index in [9.17, 15) is 19.5 Å². The SMILES string of the molecule is CCC(CC)(CNc1nn(C)c(=O)n(C)c1=O)C(=O)O. The van der Waals surface area contributed by atoms with E-state index in [-0.39, 0.29) is 12.4 Å². The Morgan fingerprint density at radius 1 is 1.30 bits per heavy atom. The third-order valence-electron chi connectivity index (χ3n) is 3.72. The Balaban J connectivity index is 3.10. The number of nitrogens with zero attached hydrogens (tertiary/aromatic N) is 3. The average Bonchev–Trinajstić information content (AvgIpc) is 2.43. The molecule has 112 valence electrons. The van der Waals surface area contributed by atoms with Crippen molar-refractivity contribution < 1.29 is 9.90 Å². The van der Waals surface area contributed by atoms with E-state index in [2.05, 4.69) is 10.4 Å². The van der Waals surface area contributed by atoms with Crippen LogP contribution in [0.15, 0.2) is 9.59 Å². The lowest BCUT2D eigenvalue weighted by molar-refractivity contribution is -0.148. The van der Waals surface area contributed by atoms with Gasteiger partial charge in [-0.2, -0.15) is 0 Å². The molecular weight excluding hydrogens is 264 g/mol. The molecule has 20 heavy (non-hydrogen) atoms. The molecule has 0 saturated heterocycles. The van der Waals surface area contributed by atoms with Gasteiger partial charge in [0.15, 0.2) is 0 Å². The van der Waals surface area contributed by atoms with Crippen LogP contribution in [0.3, 0.4) is 0 Å². The molecule has 0 aromatic carbocycles. The number of nitrogens with one attached hydrogen (secondary N) is 1. The third kappa shape index (κ3) is 2.73. The highest BCUT2D eigenvalue weighted by atomic mass is 16.4. The van der Waals surface area contributed by atoms with Crippen LogP contribution in [0, 0.1) is 5.41 Å². The molecule has 0 fully saturated rings. The topological polar surface area (TPSA) is 106 Å². The summed E-state index contributed by atoms with van der Waals surface area (Å²) < 4.78 is 1.96. The standard InChI is InChI=1S/C12H20N4O4/c1-5-12(6-2,10(18)19)7-13-8-9(17)15(3)11(20)16(4)14-8/h5-7H2,1-4H3,(H,13,14)(H,18,19). The van der Waals surface area contributed by atoms with Crippen LogP contribution in [0.2, 0.25) is 0 Å². The van der Waals surface area contributed by atoms with Gasteiger partial charge in [0, 0.05) is 20.6 Å². The van der Waals surface area contributed by atoms with E-state index >= 15 is 0 Å². The number of aliphatic carboxylic acids is 1. The van der Waals surface area contributed by atoms with Gasteiger partial charge in [-0.15, -0.1) is 5.10 Å². The quantitative estimate of drug-likeness (QED) is 0.748. The maximum atomic E-state index is 11.9. The van der Waals surface area contributed by atoms with E-state index in [0.29, 0.717) is 12.8 Å². The van der Waals surface area contributed by atoms with Gasteiger partial charge >= 0.3 is 11.7 Å². The van der Waals surface area contributed by atoms with Crippen molar-refractivity contribution in [3.05, 3.63) is 20.8 Å². The largest absolute Gasteiger partial charge is 0.481 e. The summed E-state index contributed by atoms with van der Waals surface area (Å²) in [4.78, 5) is 34.8.